The van der Waals surface area contributed by atoms with Gasteiger partial charge in [-0.3, -0.25) is 0 Å². The highest BCUT2D eigenvalue weighted by atomic mass is 14.5. The minimum atomic E-state index is -0.0524. The Labute approximate surface area is 156 Å². The van der Waals surface area contributed by atoms with Crippen molar-refractivity contribution < 1.29 is 0 Å². The van der Waals surface area contributed by atoms with Crippen molar-refractivity contribution in [2.75, 3.05) is 0 Å². The van der Waals surface area contributed by atoms with Crippen molar-refractivity contribution >= 4 is 16.5 Å². The fraction of sp³-hybridized carbons (Fsp3) is 0.320. The Morgan fingerprint density at radius 2 is 1.50 bits per heavy atom. The zero-order chi connectivity index (χ0) is 18.5. The van der Waals surface area contributed by atoms with Gasteiger partial charge >= 0.3 is 0 Å². The van der Waals surface area contributed by atoms with Gasteiger partial charge in [0.2, 0.25) is 0 Å². The maximum atomic E-state index is 8.38. The van der Waals surface area contributed by atoms with Gasteiger partial charge in [-0.25, -0.2) is 0 Å². The highest BCUT2D eigenvalue weighted by Crippen LogP contribution is 2.49. The summed E-state index contributed by atoms with van der Waals surface area (Å²) < 4.78 is 0. The third kappa shape index (κ3) is 2.19. The lowest BCUT2D eigenvalue weighted by atomic mass is 9.59. The van der Waals surface area contributed by atoms with Crippen molar-refractivity contribution in [2.24, 2.45) is 11.8 Å². The summed E-state index contributed by atoms with van der Waals surface area (Å²) in [6.07, 6.45) is 0.762. The van der Waals surface area contributed by atoms with E-state index in [4.69, 9.17) is 5.41 Å². The first-order valence-corrected chi connectivity index (χ1v) is 9.66. The van der Waals surface area contributed by atoms with Gasteiger partial charge < -0.3 is 5.41 Å². The molecule has 4 rings (SSSR count). The van der Waals surface area contributed by atoms with Crippen molar-refractivity contribution in [3.63, 3.8) is 0 Å². The van der Waals surface area contributed by atoms with Gasteiger partial charge in [0, 0.05) is 23.1 Å². The molecule has 0 atom stereocenters. The Morgan fingerprint density at radius 1 is 0.808 bits per heavy atom. The Hall–Kier alpha value is -2.41. The topological polar surface area (TPSA) is 23.9 Å². The molecule has 0 heterocycles. The molecule has 0 radical (unpaired) electrons. The van der Waals surface area contributed by atoms with Crippen molar-refractivity contribution in [1.82, 2.24) is 0 Å². The summed E-state index contributed by atoms with van der Waals surface area (Å²) in [7, 11) is 0. The third-order valence-corrected chi connectivity index (χ3v) is 6.34. The third-order valence-electron chi connectivity index (χ3n) is 6.34. The maximum Gasteiger partial charge on any atom is 0.0436 e. The smallest absolute Gasteiger partial charge is 0.0436 e. The molecule has 0 saturated carbocycles. The summed E-state index contributed by atoms with van der Waals surface area (Å²) in [6, 6.07) is 22.1. The molecule has 0 unspecified atom stereocenters. The first kappa shape index (κ1) is 17.0. The Balaban J connectivity index is 2.12. The summed E-state index contributed by atoms with van der Waals surface area (Å²) in [6.45, 7) is 9.38. The molecule has 3 aromatic carbocycles. The number of nitrogens with one attached hydrogen (secondary N) is 1. The monoisotopic (exact) mass is 341 g/mol. The fourth-order valence-electron chi connectivity index (χ4n) is 5.35. The van der Waals surface area contributed by atoms with E-state index in [2.05, 4.69) is 88.4 Å². The minimum Gasteiger partial charge on any atom is -0.304 e. The SMILES string of the molecule is CC(C)C(c1ccccc1)(c1ccc2c3c(cccc13)CC2=N)C(C)C. The molecule has 0 aliphatic heterocycles. The second-order valence-electron chi connectivity index (χ2n) is 8.20. The van der Waals surface area contributed by atoms with Crippen LogP contribution in [0.1, 0.15) is 49.9 Å². The molecule has 1 N–H and O–H groups in total. The van der Waals surface area contributed by atoms with Crippen molar-refractivity contribution in [3.05, 3.63) is 82.9 Å². The summed E-state index contributed by atoms with van der Waals surface area (Å²) in [5.41, 5.74) is 5.92. The van der Waals surface area contributed by atoms with Gasteiger partial charge in [0.15, 0.2) is 0 Å². The standard InChI is InChI=1S/C25H27N/c1-16(2)25(17(3)4,19-10-6-5-7-11-19)22-14-13-21-23(26)15-18-9-8-12-20(22)24(18)21/h5-14,16-17,26H,15H2,1-4H3. The van der Waals surface area contributed by atoms with Gasteiger partial charge in [-0.15, -0.1) is 0 Å². The van der Waals surface area contributed by atoms with E-state index in [0.29, 0.717) is 11.8 Å². The fourth-order valence-corrected chi connectivity index (χ4v) is 5.35. The van der Waals surface area contributed by atoms with Crippen LogP contribution in [0.25, 0.3) is 10.8 Å². The van der Waals surface area contributed by atoms with E-state index in [9.17, 15) is 0 Å². The van der Waals surface area contributed by atoms with Gasteiger partial charge in [0.1, 0.15) is 0 Å². The molecule has 26 heavy (non-hydrogen) atoms. The van der Waals surface area contributed by atoms with Gasteiger partial charge in [0.05, 0.1) is 0 Å². The first-order valence-electron chi connectivity index (χ1n) is 9.66. The first-order chi connectivity index (χ1) is 12.5. The van der Waals surface area contributed by atoms with Gasteiger partial charge in [-0.05, 0) is 39.3 Å². The summed E-state index contributed by atoms with van der Waals surface area (Å²) in [5, 5.41) is 11.0. The quantitative estimate of drug-likeness (QED) is 0.571. The lowest BCUT2D eigenvalue weighted by Crippen LogP contribution is -2.39. The van der Waals surface area contributed by atoms with Crippen LogP contribution in [-0.4, -0.2) is 5.71 Å². The molecule has 0 spiro atoms. The van der Waals surface area contributed by atoms with Crippen LogP contribution in [0.4, 0.5) is 0 Å². The molecule has 1 nitrogen and oxygen atoms in total. The van der Waals surface area contributed by atoms with Gasteiger partial charge in [-0.1, -0.05) is 88.4 Å². The molecule has 0 bridgehead atoms. The number of benzene rings is 3. The van der Waals surface area contributed by atoms with E-state index >= 15 is 0 Å². The van der Waals surface area contributed by atoms with Crippen LogP contribution in [-0.2, 0) is 11.8 Å². The van der Waals surface area contributed by atoms with Crippen LogP contribution < -0.4 is 0 Å². The lowest BCUT2D eigenvalue weighted by Gasteiger charge is -2.43. The van der Waals surface area contributed by atoms with E-state index in [1.165, 1.54) is 27.5 Å². The molecule has 0 saturated heterocycles. The largest absolute Gasteiger partial charge is 0.304 e. The highest BCUT2D eigenvalue weighted by molar-refractivity contribution is 6.17. The van der Waals surface area contributed by atoms with Crippen LogP contribution in [0.2, 0.25) is 0 Å². The summed E-state index contributed by atoms with van der Waals surface area (Å²) in [5.74, 6) is 0.922. The second kappa shape index (κ2) is 6.09. The predicted octanol–water partition coefficient (Wildman–Crippen LogP) is 6.36. The van der Waals surface area contributed by atoms with Crippen LogP contribution >= 0.6 is 0 Å². The van der Waals surface area contributed by atoms with Crippen LogP contribution in [0.3, 0.4) is 0 Å². The van der Waals surface area contributed by atoms with E-state index in [-0.39, 0.29) is 5.41 Å². The molecule has 1 heteroatoms. The van der Waals surface area contributed by atoms with Crippen LogP contribution in [0.15, 0.2) is 60.7 Å². The van der Waals surface area contributed by atoms with E-state index in [1.54, 1.807) is 0 Å². The molecule has 0 amide bonds. The Kier molecular flexibility index (Phi) is 3.99. The van der Waals surface area contributed by atoms with Crippen molar-refractivity contribution in [1.29, 1.82) is 5.41 Å². The predicted molar refractivity (Wildman–Crippen MR) is 111 cm³/mol. The average Bonchev–Trinajstić information content (AvgIpc) is 2.95. The minimum absolute atomic E-state index is 0.0524. The zero-order valence-corrected chi connectivity index (χ0v) is 16.1. The Bertz CT molecular complexity index is 972. The molecule has 1 aliphatic carbocycles. The van der Waals surface area contributed by atoms with Crippen LogP contribution in [0.5, 0.6) is 0 Å². The molecular weight excluding hydrogens is 314 g/mol. The van der Waals surface area contributed by atoms with Crippen molar-refractivity contribution in [2.45, 2.75) is 39.5 Å². The molecule has 0 aromatic heterocycles. The number of rotatable bonds is 4. The maximum absolute atomic E-state index is 8.38. The molecule has 132 valence electrons. The highest BCUT2D eigenvalue weighted by Gasteiger charge is 2.42. The van der Waals surface area contributed by atoms with Crippen LogP contribution in [0, 0.1) is 17.2 Å². The Morgan fingerprint density at radius 3 is 2.15 bits per heavy atom. The van der Waals surface area contributed by atoms with Crippen molar-refractivity contribution in [3.8, 4) is 0 Å². The second-order valence-corrected chi connectivity index (χ2v) is 8.20. The van der Waals surface area contributed by atoms with Gasteiger partial charge in [0.25, 0.3) is 0 Å². The van der Waals surface area contributed by atoms with Gasteiger partial charge in [-0.2, -0.15) is 0 Å². The van der Waals surface area contributed by atoms with E-state index in [0.717, 1.165) is 17.7 Å². The van der Waals surface area contributed by atoms with E-state index in [1.807, 2.05) is 0 Å². The summed E-state index contributed by atoms with van der Waals surface area (Å²) >= 11 is 0. The lowest BCUT2D eigenvalue weighted by molar-refractivity contribution is 0.275. The number of hydrogen-bond donors (Lipinski definition) is 1. The number of hydrogen-bond acceptors (Lipinski definition) is 1. The van der Waals surface area contributed by atoms with E-state index < -0.39 is 0 Å². The zero-order valence-electron chi connectivity index (χ0n) is 16.1. The normalized spacial score (nSPS) is 14.0. The molecule has 0 fully saturated rings. The summed E-state index contributed by atoms with van der Waals surface area (Å²) in [4.78, 5) is 0. The molecule has 1 aliphatic rings. The average molecular weight is 341 g/mol. The molecule has 3 aromatic rings. The molecular formula is C25H27N.